The zero-order valence-corrected chi connectivity index (χ0v) is 14.4. The summed E-state index contributed by atoms with van der Waals surface area (Å²) in [6.07, 6.45) is 3.40. The maximum absolute atomic E-state index is 12.0. The number of fused-ring (bicyclic) bond motifs is 3. The molecule has 26 heavy (non-hydrogen) atoms. The lowest BCUT2D eigenvalue weighted by atomic mass is 9.90. The number of hydrogen-bond donors (Lipinski definition) is 1. The van der Waals surface area contributed by atoms with E-state index in [1.54, 1.807) is 11.9 Å². The fraction of sp³-hybridized carbons (Fsp3) is 0.500. The molecule has 1 aromatic carbocycles. The van der Waals surface area contributed by atoms with Crippen LogP contribution in [0.25, 0.3) is 0 Å². The van der Waals surface area contributed by atoms with Crippen LogP contribution in [0.3, 0.4) is 0 Å². The standard InChI is InChI=1S/C18H19N3O5/c1-21-12-8-10-4-2-3-5-11(10)9-13(12)25-18(16-19-6-7-20-16)17(21)24-14(22)15(23)26-18/h8-9,17H,2-7H2,1H3,(H,19,20). The maximum atomic E-state index is 12.0. The SMILES string of the molecule is CN1c2cc3c(cc2OC2(C4=NCCN4)OC(=O)C(=O)OC12)CCCC3. The smallest absolute Gasteiger partial charge is 0.421 e. The lowest BCUT2D eigenvalue weighted by molar-refractivity contribution is -0.240. The molecule has 0 saturated carbocycles. The molecular formula is C18H19N3O5. The molecule has 8 nitrogen and oxygen atoms in total. The molecule has 2 unspecified atom stereocenters. The van der Waals surface area contributed by atoms with Crippen LogP contribution in [0.5, 0.6) is 5.75 Å². The fourth-order valence-corrected chi connectivity index (χ4v) is 4.10. The van der Waals surface area contributed by atoms with Gasteiger partial charge in [0.05, 0.1) is 12.2 Å². The number of anilines is 1. The van der Waals surface area contributed by atoms with Gasteiger partial charge in [-0.3, -0.25) is 4.99 Å². The Labute approximate surface area is 150 Å². The number of ether oxygens (including phenoxy) is 3. The van der Waals surface area contributed by atoms with Gasteiger partial charge in [-0.15, -0.1) is 0 Å². The predicted octanol–water partition coefficient (Wildman–Crippen LogP) is 0.518. The first-order chi connectivity index (χ1) is 12.6. The van der Waals surface area contributed by atoms with E-state index in [4.69, 9.17) is 14.2 Å². The average Bonchev–Trinajstić information content (AvgIpc) is 3.18. The molecule has 1 aromatic rings. The summed E-state index contributed by atoms with van der Waals surface area (Å²) in [7, 11) is 1.80. The molecule has 3 heterocycles. The molecule has 3 aliphatic heterocycles. The van der Waals surface area contributed by atoms with Gasteiger partial charge in [0.25, 0.3) is 6.23 Å². The third kappa shape index (κ3) is 2.04. The fourth-order valence-electron chi connectivity index (χ4n) is 4.10. The number of amidine groups is 1. The highest BCUT2D eigenvalue weighted by molar-refractivity contribution is 6.31. The van der Waals surface area contributed by atoms with E-state index in [0.29, 0.717) is 24.7 Å². The van der Waals surface area contributed by atoms with Crippen molar-refractivity contribution >= 4 is 23.5 Å². The minimum Gasteiger partial charge on any atom is -0.439 e. The quantitative estimate of drug-likeness (QED) is 0.579. The molecule has 0 aromatic heterocycles. The molecule has 1 fully saturated rings. The summed E-state index contributed by atoms with van der Waals surface area (Å²) in [5.74, 6) is -2.73. The summed E-state index contributed by atoms with van der Waals surface area (Å²) in [5.41, 5.74) is 3.35. The first kappa shape index (κ1) is 15.5. The molecule has 0 amide bonds. The molecule has 0 spiro atoms. The molecule has 0 bridgehead atoms. The van der Waals surface area contributed by atoms with Gasteiger partial charge in [-0.2, -0.15) is 0 Å². The highest BCUT2D eigenvalue weighted by Gasteiger charge is 2.62. The summed E-state index contributed by atoms with van der Waals surface area (Å²) >= 11 is 0. The molecule has 1 saturated heterocycles. The molecule has 4 aliphatic rings. The van der Waals surface area contributed by atoms with Crippen molar-refractivity contribution in [3.05, 3.63) is 23.3 Å². The van der Waals surface area contributed by atoms with Crippen LogP contribution >= 0.6 is 0 Å². The van der Waals surface area contributed by atoms with Crippen LogP contribution in [-0.2, 0) is 31.9 Å². The molecule has 5 rings (SSSR count). The number of esters is 2. The van der Waals surface area contributed by atoms with Crippen molar-refractivity contribution in [2.24, 2.45) is 4.99 Å². The lowest BCUT2D eigenvalue weighted by Crippen LogP contribution is -2.71. The van der Waals surface area contributed by atoms with Crippen molar-refractivity contribution in [2.45, 2.75) is 37.7 Å². The Balaban J connectivity index is 1.66. The third-order valence-electron chi connectivity index (χ3n) is 5.38. The van der Waals surface area contributed by atoms with Crippen LogP contribution in [0.1, 0.15) is 24.0 Å². The second-order valence-electron chi connectivity index (χ2n) is 6.98. The van der Waals surface area contributed by atoms with Crippen LogP contribution in [0.15, 0.2) is 17.1 Å². The normalized spacial score (nSPS) is 29.3. The summed E-state index contributed by atoms with van der Waals surface area (Å²) in [5, 5.41) is 3.10. The number of benzene rings is 1. The van der Waals surface area contributed by atoms with Crippen molar-refractivity contribution < 1.29 is 23.8 Å². The highest BCUT2D eigenvalue weighted by atomic mass is 16.8. The summed E-state index contributed by atoms with van der Waals surface area (Å²) in [6.45, 7) is 1.15. The minimum absolute atomic E-state index is 0.374. The van der Waals surface area contributed by atoms with Crippen molar-refractivity contribution in [2.75, 3.05) is 25.0 Å². The number of rotatable bonds is 1. The first-order valence-corrected chi connectivity index (χ1v) is 8.89. The Kier molecular flexibility index (Phi) is 3.19. The van der Waals surface area contributed by atoms with Crippen LogP contribution in [0.2, 0.25) is 0 Å². The first-order valence-electron chi connectivity index (χ1n) is 8.89. The third-order valence-corrected chi connectivity index (χ3v) is 5.38. The maximum Gasteiger partial charge on any atom is 0.421 e. The van der Waals surface area contributed by atoms with E-state index >= 15 is 0 Å². The number of aliphatic imine (C=N–C) groups is 1. The van der Waals surface area contributed by atoms with E-state index in [1.807, 2.05) is 6.07 Å². The summed E-state index contributed by atoms with van der Waals surface area (Å²) < 4.78 is 17.1. The summed E-state index contributed by atoms with van der Waals surface area (Å²) in [4.78, 5) is 30.0. The van der Waals surface area contributed by atoms with Crippen LogP contribution in [0, 0.1) is 0 Å². The molecular weight excluding hydrogens is 338 g/mol. The zero-order chi connectivity index (χ0) is 17.9. The van der Waals surface area contributed by atoms with Gasteiger partial charge in [-0.25, -0.2) is 9.59 Å². The number of nitrogens with one attached hydrogen (secondary N) is 1. The highest BCUT2D eigenvalue weighted by Crippen LogP contribution is 2.45. The number of nitrogens with zero attached hydrogens (tertiary/aromatic N) is 2. The second-order valence-corrected chi connectivity index (χ2v) is 6.98. The van der Waals surface area contributed by atoms with Gasteiger partial charge >= 0.3 is 17.7 Å². The van der Waals surface area contributed by atoms with E-state index in [0.717, 1.165) is 31.4 Å². The monoisotopic (exact) mass is 357 g/mol. The number of carbonyl (C=O) groups is 2. The molecule has 2 atom stereocenters. The average molecular weight is 357 g/mol. The van der Waals surface area contributed by atoms with Gasteiger partial charge in [-0.05, 0) is 48.9 Å². The van der Waals surface area contributed by atoms with Gasteiger partial charge in [0.2, 0.25) is 0 Å². The van der Waals surface area contributed by atoms with Crippen molar-refractivity contribution in [1.29, 1.82) is 0 Å². The van der Waals surface area contributed by atoms with Crippen molar-refractivity contribution in [3.63, 3.8) is 0 Å². The van der Waals surface area contributed by atoms with E-state index < -0.39 is 24.0 Å². The number of likely N-dealkylation sites (N-methyl/N-ethyl adjacent to an activating group) is 1. The lowest BCUT2D eigenvalue weighted by Gasteiger charge is -2.48. The Morgan fingerprint density at radius 1 is 1.15 bits per heavy atom. The van der Waals surface area contributed by atoms with Crippen LogP contribution < -0.4 is 15.0 Å². The second kappa shape index (κ2) is 5.36. The topological polar surface area (TPSA) is 89.5 Å². The van der Waals surface area contributed by atoms with Crippen molar-refractivity contribution in [3.8, 4) is 5.75 Å². The molecule has 1 aliphatic carbocycles. The predicted molar refractivity (Wildman–Crippen MR) is 91.1 cm³/mol. The Morgan fingerprint density at radius 3 is 2.65 bits per heavy atom. The van der Waals surface area contributed by atoms with Crippen LogP contribution in [-0.4, -0.2) is 49.9 Å². The van der Waals surface area contributed by atoms with Gasteiger partial charge in [0.15, 0.2) is 5.84 Å². The van der Waals surface area contributed by atoms with E-state index in [1.165, 1.54) is 11.1 Å². The van der Waals surface area contributed by atoms with Gasteiger partial charge in [-0.1, -0.05) is 0 Å². The van der Waals surface area contributed by atoms with E-state index in [-0.39, 0.29) is 0 Å². The molecule has 1 N–H and O–H groups in total. The zero-order valence-electron chi connectivity index (χ0n) is 14.4. The van der Waals surface area contributed by atoms with E-state index in [9.17, 15) is 9.59 Å². The Bertz CT molecular complexity index is 851. The molecule has 0 radical (unpaired) electrons. The van der Waals surface area contributed by atoms with E-state index in [2.05, 4.69) is 16.4 Å². The number of aryl methyl sites for hydroxylation is 2. The van der Waals surface area contributed by atoms with Gasteiger partial charge in [0.1, 0.15) is 5.75 Å². The van der Waals surface area contributed by atoms with Gasteiger partial charge < -0.3 is 24.4 Å². The molecule has 8 heteroatoms. The largest absolute Gasteiger partial charge is 0.439 e. The molecule has 136 valence electrons. The Hall–Kier alpha value is -2.77. The van der Waals surface area contributed by atoms with Crippen LogP contribution in [0.4, 0.5) is 5.69 Å². The number of hydrogen-bond acceptors (Lipinski definition) is 8. The van der Waals surface area contributed by atoms with Gasteiger partial charge in [0, 0.05) is 13.6 Å². The summed E-state index contributed by atoms with van der Waals surface area (Å²) in [6, 6.07) is 4.10. The minimum atomic E-state index is -1.61. The van der Waals surface area contributed by atoms with Crippen molar-refractivity contribution in [1.82, 2.24) is 5.32 Å². The number of carbonyl (C=O) groups excluding carboxylic acids is 2. The Morgan fingerprint density at radius 2 is 1.92 bits per heavy atom.